The molecular weight excluding hydrogens is 419 g/mol. The molecule has 0 unspecified atom stereocenters. The first kappa shape index (κ1) is 20.2. The van der Waals surface area contributed by atoms with E-state index < -0.39 is 18.4 Å². The number of nitrogen functional groups attached to an aromatic ring is 1. The fraction of sp³-hybridized carbons (Fsp3) is 0.632. The summed E-state index contributed by atoms with van der Waals surface area (Å²) in [5.74, 6) is 0.287. The molecule has 0 amide bonds. The first-order valence-electron chi connectivity index (χ1n) is 9.70. The number of hydrogen-bond donors (Lipinski definition) is 1. The molecule has 0 fully saturated rings. The summed E-state index contributed by atoms with van der Waals surface area (Å²) in [5, 5.41) is 4.36. The van der Waals surface area contributed by atoms with Crippen molar-refractivity contribution in [3.63, 3.8) is 0 Å². The Labute approximate surface area is 155 Å². The standard InChI is InChI=1S/C7H5N4O.3C4H9.Sn/c8-7-9-3-5(4-10-7)6-1-2-12-11-6;3*1-3-4-2;/h1,3-4H,(H2,8,9,10);3*1,3-4H2,2H3;. The second kappa shape index (κ2) is 10.1. The third kappa shape index (κ3) is 5.43. The van der Waals surface area contributed by atoms with Gasteiger partial charge in [-0.05, 0) is 0 Å². The average Bonchev–Trinajstić information content (AvgIpc) is 3.13. The first-order valence-corrected chi connectivity index (χ1v) is 17.2. The van der Waals surface area contributed by atoms with E-state index in [0.29, 0.717) is 0 Å². The third-order valence-electron chi connectivity index (χ3n) is 5.03. The second-order valence-electron chi connectivity index (χ2n) is 7.00. The maximum absolute atomic E-state index is 5.96. The number of rotatable bonds is 11. The number of anilines is 1. The maximum atomic E-state index is 5.96. The summed E-state index contributed by atoms with van der Waals surface area (Å²) in [4.78, 5) is 8.16. The van der Waals surface area contributed by atoms with Crippen molar-refractivity contribution < 1.29 is 4.52 Å². The van der Waals surface area contributed by atoms with Crippen LogP contribution in [0.2, 0.25) is 13.3 Å². The number of aromatic nitrogens is 3. The summed E-state index contributed by atoms with van der Waals surface area (Å²) >= 11 is -2.55. The topological polar surface area (TPSA) is 77.8 Å². The van der Waals surface area contributed by atoms with Crippen LogP contribution in [0.1, 0.15) is 59.3 Å². The Morgan fingerprint density at radius 2 is 1.44 bits per heavy atom. The van der Waals surface area contributed by atoms with Crippen molar-refractivity contribution in [2.45, 2.75) is 72.6 Å². The molecule has 0 radical (unpaired) electrons. The molecule has 2 heterocycles. The van der Waals surface area contributed by atoms with E-state index in [9.17, 15) is 0 Å². The van der Waals surface area contributed by atoms with Gasteiger partial charge in [-0.2, -0.15) is 0 Å². The van der Waals surface area contributed by atoms with E-state index in [4.69, 9.17) is 10.3 Å². The zero-order chi connectivity index (χ0) is 18.1. The summed E-state index contributed by atoms with van der Waals surface area (Å²) in [7, 11) is 0. The van der Waals surface area contributed by atoms with Crippen LogP contribution in [0, 0.1) is 0 Å². The Kier molecular flexibility index (Phi) is 8.19. The van der Waals surface area contributed by atoms with Crippen LogP contribution >= 0.6 is 0 Å². The molecule has 138 valence electrons. The van der Waals surface area contributed by atoms with Gasteiger partial charge in [-0.3, -0.25) is 0 Å². The van der Waals surface area contributed by atoms with Gasteiger partial charge >= 0.3 is 156 Å². The van der Waals surface area contributed by atoms with Crippen molar-refractivity contribution in [3.05, 3.63) is 18.5 Å². The first-order chi connectivity index (χ1) is 12.1. The van der Waals surface area contributed by atoms with Crippen molar-refractivity contribution in [1.29, 1.82) is 0 Å². The molecule has 25 heavy (non-hydrogen) atoms. The zero-order valence-electron chi connectivity index (χ0n) is 15.9. The van der Waals surface area contributed by atoms with E-state index in [1.165, 1.54) is 55.6 Å². The molecule has 2 aromatic heterocycles. The Morgan fingerprint density at radius 3 is 1.92 bits per heavy atom. The van der Waals surface area contributed by atoms with Gasteiger partial charge in [0.2, 0.25) is 0 Å². The van der Waals surface area contributed by atoms with E-state index in [1.54, 1.807) is 12.4 Å². The van der Waals surface area contributed by atoms with Gasteiger partial charge in [0.25, 0.3) is 0 Å². The van der Waals surface area contributed by atoms with E-state index >= 15 is 0 Å². The molecule has 0 spiro atoms. The van der Waals surface area contributed by atoms with Crippen LogP contribution < -0.4 is 9.51 Å². The molecule has 0 aliphatic carbocycles. The van der Waals surface area contributed by atoms with Crippen LogP contribution in [0.5, 0.6) is 0 Å². The second-order valence-corrected chi connectivity index (χ2v) is 20.0. The van der Waals surface area contributed by atoms with Gasteiger partial charge in [-0.15, -0.1) is 0 Å². The molecule has 2 rings (SSSR count). The van der Waals surface area contributed by atoms with Gasteiger partial charge in [-0.1, -0.05) is 0 Å². The summed E-state index contributed by atoms with van der Waals surface area (Å²) in [6.45, 7) is 6.86. The molecular formula is C19H32N4OSn. The molecule has 0 aliphatic rings. The number of hydrogen-bond acceptors (Lipinski definition) is 5. The van der Waals surface area contributed by atoms with Gasteiger partial charge in [0, 0.05) is 0 Å². The molecule has 0 bridgehead atoms. The average molecular weight is 451 g/mol. The normalized spacial score (nSPS) is 11.8. The fourth-order valence-electron chi connectivity index (χ4n) is 3.42. The van der Waals surface area contributed by atoms with E-state index in [-0.39, 0.29) is 5.95 Å². The Hall–Kier alpha value is -1.11. The Morgan fingerprint density at radius 1 is 0.920 bits per heavy atom. The van der Waals surface area contributed by atoms with Crippen LogP contribution in [0.4, 0.5) is 5.95 Å². The zero-order valence-corrected chi connectivity index (χ0v) is 18.8. The van der Waals surface area contributed by atoms with Crippen LogP contribution in [-0.4, -0.2) is 33.5 Å². The number of nitrogens with two attached hydrogens (primary N) is 1. The molecule has 0 saturated heterocycles. The predicted octanol–water partition coefficient (Wildman–Crippen LogP) is 4.77. The van der Waals surface area contributed by atoms with Gasteiger partial charge in [0.1, 0.15) is 0 Å². The van der Waals surface area contributed by atoms with Crippen LogP contribution in [0.15, 0.2) is 23.0 Å². The van der Waals surface area contributed by atoms with Crippen molar-refractivity contribution in [2.75, 3.05) is 5.73 Å². The molecule has 5 nitrogen and oxygen atoms in total. The summed E-state index contributed by atoms with van der Waals surface area (Å²) in [5.41, 5.74) is 7.32. The van der Waals surface area contributed by atoms with E-state index in [2.05, 4.69) is 42.0 Å². The number of nitrogens with zero attached hydrogens (tertiary/aromatic N) is 3. The molecule has 0 saturated carbocycles. The van der Waals surface area contributed by atoms with Crippen LogP contribution in [0.3, 0.4) is 0 Å². The third-order valence-corrected chi connectivity index (χ3v) is 19.9. The summed E-state index contributed by atoms with van der Waals surface area (Å²) in [6, 6.07) is 2.19. The minimum absolute atomic E-state index is 0.287. The molecule has 6 heteroatoms. The fourth-order valence-corrected chi connectivity index (χ4v) is 18.4. The van der Waals surface area contributed by atoms with E-state index in [0.717, 1.165) is 11.3 Å². The Balaban J connectivity index is 2.32. The van der Waals surface area contributed by atoms with Gasteiger partial charge in [0.15, 0.2) is 0 Å². The Bertz CT molecular complexity index is 605. The molecule has 0 aliphatic heterocycles. The van der Waals surface area contributed by atoms with E-state index in [1.807, 2.05) is 0 Å². The summed E-state index contributed by atoms with van der Waals surface area (Å²) < 4.78 is 11.3. The number of unbranched alkanes of at least 4 members (excludes halogenated alkanes) is 3. The van der Waals surface area contributed by atoms with Crippen molar-refractivity contribution >= 4 is 28.1 Å². The van der Waals surface area contributed by atoms with Gasteiger partial charge in [-0.25, -0.2) is 0 Å². The molecule has 0 aromatic carbocycles. The van der Waals surface area contributed by atoms with Crippen LogP contribution in [0.25, 0.3) is 11.3 Å². The van der Waals surface area contributed by atoms with Crippen molar-refractivity contribution in [3.8, 4) is 11.3 Å². The predicted molar refractivity (Wildman–Crippen MR) is 106 cm³/mol. The SMILES string of the molecule is CCC[CH2][Sn]([CH2]CCC)([CH2]CCC)[c]1cc(-c2cnc(N)nc2)no1. The monoisotopic (exact) mass is 452 g/mol. The molecule has 2 aromatic rings. The van der Waals surface area contributed by atoms with Gasteiger partial charge in [0.05, 0.1) is 0 Å². The molecule has 2 N–H and O–H groups in total. The summed E-state index contributed by atoms with van der Waals surface area (Å²) in [6.07, 6.45) is 11.1. The molecule has 0 atom stereocenters. The van der Waals surface area contributed by atoms with Gasteiger partial charge < -0.3 is 0 Å². The van der Waals surface area contributed by atoms with Crippen LogP contribution in [-0.2, 0) is 0 Å². The van der Waals surface area contributed by atoms with Crippen molar-refractivity contribution in [2.24, 2.45) is 0 Å². The minimum atomic E-state index is -2.55. The quantitative estimate of drug-likeness (QED) is 0.498. The van der Waals surface area contributed by atoms with Crippen molar-refractivity contribution in [1.82, 2.24) is 15.1 Å².